The molecule has 0 fully saturated rings. The third kappa shape index (κ3) is 5.87. The van der Waals surface area contributed by atoms with Crippen LogP contribution in [0.3, 0.4) is 0 Å². The van der Waals surface area contributed by atoms with Crippen LogP contribution in [-0.4, -0.2) is 19.0 Å². The van der Waals surface area contributed by atoms with Crippen LogP contribution in [0.15, 0.2) is 48.5 Å². The Hall–Kier alpha value is -2.04. The fraction of sp³-hybridized carbons (Fsp3) is 0.316. The maximum atomic E-state index is 12.3. The number of amides is 1. The van der Waals surface area contributed by atoms with Gasteiger partial charge in [0, 0.05) is 6.54 Å². The zero-order valence-corrected chi connectivity index (χ0v) is 14.8. The molecule has 0 bridgehead atoms. The van der Waals surface area contributed by atoms with Crippen molar-refractivity contribution in [3.63, 3.8) is 0 Å². The summed E-state index contributed by atoms with van der Waals surface area (Å²) in [7, 11) is 0. The molecule has 0 aliphatic carbocycles. The number of aryl methyl sites for hydroxylation is 1. The molecule has 0 radical (unpaired) electrons. The smallest absolute Gasteiger partial charge is 0.255 e. The molecule has 4 nitrogen and oxygen atoms in total. The number of hydrogen-bond acceptors (Lipinski definition) is 3. The number of carbonyl (C=O) groups excluding carboxylic acids is 1. The number of hydrogen-bond donors (Lipinski definition) is 2. The molecule has 24 heavy (non-hydrogen) atoms. The Morgan fingerprint density at radius 3 is 2.54 bits per heavy atom. The Labute approximate surface area is 149 Å². The number of nitrogens with two attached hydrogens (primary N) is 1. The normalized spacial score (nSPS) is 9.92. The summed E-state index contributed by atoms with van der Waals surface area (Å²) in [6.07, 6.45) is 1.79. The van der Waals surface area contributed by atoms with Crippen LogP contribution in [-0.2, 0) is 6.61 Å². The van der Waals surface area contributed by atoms with Gasteiger partial charge in [0.05, 0.1) is 5.56 Å². The van der Waals surface area contributed by atoms with Crippen LogP contribution >= 0.6 is 12.4 Å². The van der Waals surface area contributed by atoms with Gasteiger partial charge in [0.1, 0.15) is 12.4 Å². The average molecular weight is 349 g/mol. The lowest BCUT2D eigenvalue weighted by Crippen LogP contribution is -2.25. The fourth-order valence-electron chi connectivity index (χ4n) is 2.27. The molecule has 0 atom stereocenters. The van der Waals surface area contributed by atoms with Crippen LogP contribution in [0.25, 0.3) is 0 Å². The van der Waals surface area contributed by atoms with Gasteiger partial charge in [-0.1, -0.05) is 36.4 Å². The molecule has 1 amide bonds. The molecular weight excluding hydrogens is 324 g/mol. The van der Waals surface area contributed by atoms with E-state index in [1.165, 1.54) is 5.56 Å². The van der Waals surface area contributed by atoms with Gasteiger partial charge in [-0.3, -0.25) is 4.79 Å². The maximum Gasteiger partial charge on any atom is 0.255 e. The first-order chi connectivity index (χ1) is 11.2. The predicted octanol–water partition coefficient (Wildman–Crippen LogP) is 3.46. The molecule has 0 saturated heterocycles. The number of nitrogens with one attached hydrogen (secondary N) is 1. The molecule has 0 spiro atoms. The highest BCUT2D eigenvalue weighted by atomic mass is 35.5. The van der Waals surface area contributed by atoms with Gasteiger partial charge in [-0.25, -0.2) is 0 Å². The Kier molecular flexibility index (Phi) is 8.90. The van der Waals surface area contributed by atoms with Gasteiger partial charge in [-0.05, 0) is 49.6 Å². The second kappa shape index (κ2) is 10.7. The standard InChI is InChI=1S/C19H24N2O2.ClH/c1-15-8-2-3-9-16(15)14-23-18-11-5-4-10-17(18)19(22)21-13-7-6-12-20;/h2-5,8-11H,6-7,12-14,20H2,1H3,(H,21,22);1H. The highest BCUT2D eigenvalue weighted by molar-refractivity contribution is 5.96. The molecular formula is C19H25ClN2O2. The Morgan fingerprint density at radius 1 is 1.08 bits per heavy atom. The van der Waals surface area contributed by atoms with Crippen molar-refractivity contribution in [3.8, 4) is 5.75 Å². The van der Waals surface area contributed by atoms with E-state index < -0.39 is 0 Å². The summed E-state index contributed by atoms with van der Waals surface area (Å²) in [5.41, 5.74) is 8.31. The van der Waals surface area contributed by atoms with Crippen LogP contribution in [0.4, 0.5) is 0 Å². The van der Waals surface area contributed by atoms with Crippen molar-refractivity contribution < 1.29 is 9.53 Å². The lowest BCUT2D eigenvalue weighted by molar-refractivity contribution is 0.0948. The van der Waals surface area contributed by atoms with Crippen molar-refractivity contribution in [1.82, 2.24) is 5.32 Å². The summed E-state index contributed by atoms with van der Waals surface area (Å²) in [6.45, 7) is 3.77. The van der Waals surface area contributed by atoms with Gasteiger partial charge >= 0.3 is 0 Å². The van der Waals surface area contributed by atoms with E-state index >= 15 is 0 Å². The Bertz CT molecular complexity index is 647. The lowest BCUT2D eigenvalue weighted by Gasteiger charge is -2.12. The molecule has 0 saturated carbocycles. The average Bonchev–Trinajstić information content (AvgIpc) is 2.58. The predicted molar refractivity (Wildman–Crippen MR) is 99.8 cm³/mol. The first kappa shape index (κ1) is 20.0. The van der Waals surface area contributed by atoms with E-state index in [1.807, 2.05) is 36.4 Å². The monoisotopic (exact) mass is 348 g/mol. The summed E-state index contributed by atoms with van der Waals surface area (Å²) in [5.74, 6) is 0.495. The van der Waals surface area contributed by atoms with Gasteiger partial charge in [0.2, 0.25) is 0 Å². The van der Waals surface area contributed by atoms with Crippen molar-refractivity contribution in [2.24, 2.45) is 5.73 Å². The molecule has 0 aromatic heterocycles. The number of unbranched alkanes of at least 4 members (excludes halogenated alkanes) is 1. The highest BCUT2D eigenvalue weighted by Crippen LogP contribution is 2.20. The van der Waals surface area contributed by atoms with Crippen LogP contribution in [0.5, 0.6) is 5.75 Å². The van der Waals surface area contributed by atoms with E-state index in [9.17, 15) is 4.79 Å². The van der Waals surface area contributed by atoms with Gasteiger partial charge in [0.15, 0.2) is 0 Å². The van der Waals surface area contributed by atoms with E-state index in [2.05, 4.69) is 18.3 Å². The van der Waals surface area contributed by atoms with E-state index in [-0.39, 0.29) is 18.3 Å². The fourth-order valence-corrected chi connectivity index (χ4v) is 2.27. The number of benzene rings is 2. The number of carbonyl (C=O) groups is 1. The van der Waals surface area contributed by atoms with E-state index in [0.717, 1.165) is 18.4 Å². The maximum absolute atomic E-state index is 12.3. The number of rotatable bonds is 8. The summed E-state index contributed by atoms with van der Waals surface area (Å²) < 4.78 is 5.87. The molecule has 3 N–H and O–H groups in total. The van der Waals surface area contributed by atoms with Gasteiger partial charge in [-0.15, -0.1) is 12.4 Å². The second-order valence-electron chi connectivity index (χ2n) is 5.46. The number of para-hydroxylation sites is 1. The molecule has 130 valence electrons. The minimum absolute atomic E-state index is 0. The molecule has 0 aliphatic rings. The lowest BCUT2D eigenvalue weighted by atomic mass is 10.1. The van der Waals surface area contributed by atoms with Crippen LogP contribution in [0.1, 0.15) is 34.3 Å². The van der Waals surface area contributed by atoms with Gasteiger partial charge < -0.3 is 15.8 Å². The molecule has 0 unspecified atom stereocenters. The number of halogens is 1. The van der Waals surface area contributed by atoms with E-state index in [0.29, 0.717) is 31.0 Å². The summed E-state index contributed by atoms with van der Waals surface area (Å²) in [6, 6.07) is 15.4. The molecule has 2 aromatic carbocycles. The Balaban J connectivity index is 0.00000288. The largest absolute Gasteiger partial charge is 0.488 e. The van der Waals surface area contributed by atoms with Gasteiger partial charge in [0.25, 0.3) is 5.91 Å². The van der Waals surface area contributed by atoms with Crippen molar-refractivity contribution in [2.45, 2.75) is 26.4 Å². The first-order valence-electron chi connectivity index (χ1n) is 7.97. The minimum Gasteiger partial charge on any atom is -0.488 e. The van der Waals surface area contributed by atoms with Crippen molar-refractivity contribution >= 4 is 18.3 Å². The summed E-state index contributed by atoms with van der Waals surface area (Å²) >= 11 is 0. The van der Waals surface area contributed by atoms with Crippen LogP contribution in [0, 0.1) is 6.92 Å². The quantitative estimate of drug-likeness (QED) is 0.718. The van der Waals surface area contributed by atoms with E-state index in [4.69, 9.17) is 10.5 Å². The molecule has 2 rings (SSSR count). The van der Waals surface area contributed by atoms with E-state index in [1.54, 1.807) is 6.07 Å². The molecule has 2 aromatic rings. The topological polar surface area (TPSA) is 64.3 Å². The summed E-state index contributed by atoms with van der Waals surface area (Å²) in [5, 5.41) is 2.91. The van der Waals surface area contributed by atoms with Gasteiger partial charge in [-0.2, -0.15) is 0 Å². The highest BCUT2D eigenvalue weighted by Gasteiger charge is 2.11. The number of ether oxygens (including phenoxy) is 1. The van der Waals surface area contributed by atoms with Crippen LogP contribution < -0.4 is 15.8 Å². The Morgan fingerprint density at radius 2 is 1.79 bits per heavy atom. The first-order valence-corrected chi connectivity index (χ1v) is 7.97. The minimum atomic E-state index is -0.109. The third-order valence-electron chi connectivity index (χ3n) is 3.69. The zero-order chi connectivity index (χ0) is 16.5. The third-order valence-corrected chi connectivity index (χ3v) is 3.69. The summed E-state index contributed by atoms with van der Waals surface area (Å²) in [4.78, 5) is 12.3. The SMILES string of the molecule is Cc1ccccc1COc1ccccc1C(=O)NCCCCN.Cl. The molecule has 0 aliphatic heterocycles. The molecule has 0 heterocycles. The molecule has 5 heteroatoms. The van der Waals surface area contributed by atoms with Crippen molar-refractivity contribution in [3.05, 3.63) is 65.2 Å². The second-order valence-corrected chi connectivity index (χ2v) is 5.46. The zero-order valence-electron chi connectivity index (χ0n) is 14.0. The van der Waals surface area contributed by atoms with Crippen molar-refractivity contribution in [2.75, 3.05) is 13.1 Å². The van der Waals surface area contributed by atoms with Crippen molar-refractivity contribution in [1.29, 1.82) is 0 Å². The van der Waals surface area contributed by atoms with Crippen LogP contribution in [0.2, 0.25) is 0 Å².